The van der Waals surface area contributed by atoms with Crippen LogP contribution in [0.5, 0.6) is 0 Å². The van der Waals surface area contributed by atoms with Gasteiger partial charge in [0.1, 0.15) is 0 Å². The Labute approximate surface area is 67.4 Å². The molecule has 0 aromatic heterocycles. The highest BCUT2D eigenvalue weighted by molar-refractivity contribution is 14.1. The standard InChI is InChI=1S/C6H7IO2/c1-5(2-3-7)4-6(8)9/h2-4H,1H3,(H,8,9)/b3-2+,5-4-. The number of carbonyl (C=O) groups is 1. The van der Waals surface area contributed by atoms with E-state index in [1.54, 1.807) is 17.1 Å². The number of halogens is 1. The molecule has 0 bridgehead atoms. The number of aliphatic carboxylic acids is 1. The van der Waals surface area contributed by atoms with Crippen LogP contribution < -0.4 is 0 Å². The van der Waals surface area contributed by atoms with E-state index in [-0.39, 0.29) is 0 Å². The quantitative estimate of drug-likeness (QED) is 0.453. The second-order valence-electron chi connectivity index (χ2n) is 1.52. The number of hydrogen-bond donors (Lipinski definition) is 1. The molecule has 0 unspecified atom stereocenters. The van der Waals surface area contributed by atoms with Crippen LogP contribution in [0.1, 0.15) is 6.92 Å². The summed E-state index contributed by atoms with van der Waals surface area (Å²) < 4.78 is 1.77. The molecular formula is C6H7IO2. The van der Waals surface area contributed by atoms with Gasteiger partial charge >= 0.3 is 5.97 Å². The summed E-state index contributed by atoms with van der Waals surface area (Å²) in [5.74, 6) is -0.901. The van der Waals surface area contributed by atoms with E-state index < -0.39 is 5.97 Å². The minimum atomic E-state index is -0.901. The summed E-state index contributed by atoms with van der Waals surface area (Å²) in [5.41, 5.74) is 0.747. The maximum atomic E-state index is 9.97. The van der Waals surface area contributed by atoms with Gasteiger partial charge < -0.3 is 5.11 Å². The monoisotopic (exact) mass is 238 g/mol. The molecule has 0 aromatic rings. The van der Waals surface area contributed by atoms with Crippen molar-refractivity contribution < 1.29 is 9.90 Å². The van der Waals surface area contributed by atoms with Crippen molar-refractivity contribution in [1.82, 2.24) is 0 Å². The number of carboxylic acid groups (broad SMARTS) is 1. The molecule has 9 heavy (non-hydrogen) atoms. The molecule has 0 radical (unpaired) electrons. The summed E-state index contributed by atoms with van der Waals surface area (Å²) in [7, 11) is 0. The maximum absolute atomic E-state index is 9.97. The number of rotatable bonds is 2. The van der Waals surface area contributed by atoms with Crippen molar-refractivity contribution in [2.75, 3.05) is 0 Å². The van der Waals surface area contributed by atoms with Crippen molar-refractivity contribution >= 4 is 28.6 Å². The Balaban J connectivity index is 4.00. The Kier molecular flexibility index (Phi) is 4.39. The van der Waals surface area contributed by atoms with Gasteiger partial charge in [-0.1, -0.05) is 28.7 Å². The largest absolute Gasteiger partial charge is 0.478 e. The van der Waals surface area contributed by atoms with E-state index in [2.05, 4.69) is 0 Å². The van der Waals surface area contributed by atoms with E-state index in [4.69, 9.17) is 5.11 Å². The first-order valence-corrected chi connectivity index (χ1v) is 3.59. The van der Waals surface area contributed by atoms with Gasteiger partial charge in [0.25, 0.3) is 0 Å². The normalized spacial score (nSPS) is 12.4. The molecular weight excluding hydrogens is 231 g/mol. The zero-order valence-corrected chi connectivity index (χ0v) is 7.12. The highest BCUT2D eigenvalue weighted by Gasteiger charge is 1.87. The van der Waals surface area contributed by atoms with Gasteiger partial charge in [0.15, 0.2) is 0 Å². The average Bonchev–Trinajstić information content (AvgIpc) is 1.63. The minimum absolute atomic E-state index is 0.747. The lowest BCUT2D eigenvalue weighted by atomic mass is 10.3. The van der Waals surface area contributed by atoms with E-state index in [0.29, 0.717) is 0 Å². The Hall–Kier alpha value is -0.320. The van der Waals surface area contributed by atoms with Crippen LogP contribution in [0.25, 0.3) is 0 Å². The van der Waals surface area contributed by atoms with Crippen LogP contribution in [-0.4, -0.2) is 11.1 Å². The lowest BCUT2D eigenvalue weighted by Crippen LogP contribution is -1.87. The molecule has 0 fully saturated rings. The van der Waals surface area contributed by atoms with Crippen LogP contribution in [0.4, 0.5) is 0 Å². The molecule has 0 aliphatic carbocycles. The van der Waals surface area contributed by atoms with Crippen molar-refractivity contribution in [3.63, 3.8) is 0 Å². The second kappa shape index (κ2) is 4.55. The van der Waals surface area contributed by atoms with Gasteiger partial charge in [0, 0.05) is 6.08 Å². The first-order valence-electron chi connectivity index (χ1n) is 2.35. The van der Waals surface area contributed by atoms with E-state index in [0.717, 1.165) is 11.6 Å². The third kappa shape index (κ3) is 5.55. The first-order chi connectivity index (χ1) is 4.16. The predicted octanol–water partition coefficient (Wildman–Crippen LogP) is 1.97. The van der Waals surface area contributed by atoms with Crippen molar-refractivity contribution in [2.45, 2.75) is 6.92 Å². The molecule has 50 valence electrons. The molecule has 0 saturated carbocycles. The van der Waals surface area contributed by atoms with Crippen molar-refractivity contribution in [1.29, 1.82) is 0 Å². The van der Waals surface area contributed by atoms with Crippen molar-refractivity contribution in [2.24, 2.45) is 0 Å². The molecule has 0 heterocycles. The van der Waals surface area contributed by atoms with Crippen molar-refractivity contribution in [3.05, 3.63) is 21.8 Å². The van der Waals surface area contributed by atoms with Gasteiger partial charge in [-0.2, -0.15) is 0 Å². The van der Waals surface area contributed by atoms with E-state index in [1.807, 2.05) is 22.6 Å². The van der Waals surface area contributed by atoms with Crippen LogP contribution in [0.3, 0.4) is 0 Å². The lowest BCUT2D eigenvalue weighted by molar-refractivity contribution is -0.131. The fourth-order valence-electron chi connectivity index (χ4n) is 0.342. The number of allylic oxidation sites excluding steroid dienone is 2. The van der Waals surface area contributed by atoms with Gasteiger partial charge in [0.2, 0.25) is 0 Å². The average molecular weight is 238 g/mol. The third-order valence-electron chi connectivity index (χ3n) is 0.677. The zero-order chi connectivity index (χ0) is 7.28. The van der Waals surface area contributed by atoms with Gasteiger partial charge in [-0.15, -0.1) is 0 Å². The van der Waals surface area contributed by atoms with Gasteiger partial charge in [0.05, 0.1) is 0 Å². The summed E-state index contributed by atoms with van der Waals surface area (Å²) in [6, 6.07) is 0. The molecule has 2 nitrogen and oxygen atoms in total. The molecule has 1 N–H and O–H groups in total. The van der Waals surface area contributed by atoms with E-state index in [9.17, 15) is 4.79 Å². The molecule has 0 aliphatic rings. The summed E-state index contributed by atoms with van der Waals surface area (Å²) >= 11 is 2.04. The Morgan fingerprint density at radius 2 is 2.22 bits per heavy atom. The fourth-order valence-corrected chi connectivity index (χ4v) is 0.909. The Bertz CT molecular complexity index is 158. The van der Waals surface area contributed by atoms with E-state index in [1.165, 1.54) is 0 Å². The summed E-state index contributed by atoms with van der Waals surface area (Å²) in [6.45, 7) is 1.74. The highest BCUT2D eigenvalue weighted by atomic mass is 127. The minimum Gasteiger partial charge on any atom is -0.478 e. The van der Waals surface area contributed by atoms with Gasteiger partial charge in [-0.3, -0.25) is 0 Å². The first kappa shape index (κ1) is 8.68. The fraction of sp³-hybridized carbons (Fsp3) is 0.167. The molecule has 0 spiro atoms. The highest BCUT2D eigenvalue weighted by Crippen LogP contribution is 1.96. The molecule has 0 aromatic carbocycles. The van der Waals surface area contributed by atoms with Crippen LogP contribution in [-0.2, 0) is 4.79 Å². The lowest BCUT2D eigenvalue weighted by Gasteiger charge is -1.84. The van der Waals surface area contributed by atoms with E-state index >= 15 is 0 Å². The number of hydrogen-bond acceptors (Lipinski definition) is 1. The molecule has 0 atom stereocenters. The molecule has 0 saturated heterocycles. The second-order valence-corrected chi connectivity index (χ2v) is 2.24. The summed E-state index contributed by atoms with van der Waals surface area (Å²) in [5, 5.41) is 8.20. The predicted molar refractivity (Wildman–Crippen MR) is 44.6 cm³/mol. The van der Waals surface area contributed by atoms with Gasteiger partial charge in [-0.25, -0.2) is 4.79 Å². The molecule has 0 amide bonds. The molecule has 0 rings (SSSR count). The number of carboxylic acids is 1. The zero-order valence-electron chi connectivity index (χ0n) is 4.97. The van der Waals surface area contributed by atoms with Crippen LogP contribution >= 0.6 is 22.6 Å². The SMILES string of the molecule is CC(=C/C(=O)O)/C=C/I. The van der Waals surface area contributed by atoms with Crippen molar-refractivity contribution in [3.8, 4) is 0 Å². The maximum Gasteiger partial charge on any atom is 0.328 e. The smallest absolute Gasteiger partial charge is 0.328 e. The summed E-state index contributed by atoms with van der Waals surface area (Å²) in [4.78, 5) is 9.97. The molecule has 3 heteroatoms. The van der Waals surface area contributed by atoms with Crippen LogP contribution in [0.2, 0.25) is 0 Å². The summed E-state index contributed by atoms with van der Waals surface area (Å²) in [6.07, 6.45) is 2.89. The topological polar surface area (TPSA) is 37.3 Å². The van der Waals surface area contributed by atoms with Crippen LogP contribution in [0.15, 0.2) is 21.8 Å². The van der Waals surface area contributed by atoms with Gasteiger partial charge in [-0.05, 0) is 16.6 Å². The third-order valence-corrected chi connectivity index (χ3v) is 1.04. The Morgan fingerprint density at radius 3 is 2.56 bits per heavy atom. The van der Waals surface area contributed by atoms with Crippen LogP contribution in [0, 0.1) is 0 Å². The molecule has 0 aliphatic heterocycles. The Morgan fingerprint density at radius 1 is 1.67 bits per heavy atom.